The molecule has 4 heteroatoms. The molecule has 0 atom stereocenters. The summed E-state index contributed by atoms with van der Waals surface area (Å²) in [5, 5.41) is 0. The van der Waals surface area contributed by atoms with Crippen molar-refractivity contribution in [1.82, 2.24) is 0 Å². The lowest BCUT2D eigenvalue weighted by atomic mass is 10.2. The lowest BCUT2D eigenvalue weighted by molar-refractivity contribution is 0.306. The molecule has 0 aliphatic heterocycles. The maximum atomic E-state index is 6.04. The highest BCUT2D eigenvalue weighted by atomic mass is 127. The standard InChI is InChI=1S/C25H19I2OS/c26-20-15-19(16-21(27)17-20)18-28-22-11-13-25(14-12-22)29(23-7-3-1-4-8-23)24-9-5-2-6-10-24/h1-17H,18H2/q+1. The highest BCUT2D eigenvalue weighted by Crippen LogP contribution is 2.32. The molecule has 4 aromatic rings. The zero-order valence-electron chi connectivity index (χ0n) is 15.6. The van der Waals surface area contributed by atoms with Crippen molar-refractivity contribution in [1.29, 1.82) is 0 Å². The molecule has 0 saturated carbocycles. The van der Waals surface area contributed by atoms with Crippen LogP contribution in [0, 0.1) is 7.14 Å². The van der Waals surface area contributed by atoms with E-state index in [4.69, 9.17) is 4.74 Å². The summed E-state index contributed by atoms with van der Waals surface area (Å²) >= 11 is 4.70. The van der Waals surface area contributed by atoms with E-state index < -0.39 is 0 Å². The van der Waals surface area contributed by atoms with E-state index in [0.717, 1.165) is 5.75 Å². The van der Waals surface area contributed by atoms with Crippen molar-refractivity contribution in [2.45, 2.75) is 21.3 Å². The Kier molecular flexibility index (Phi) is 7.15. The molecule has 0 bridgehead atoms. The topological polar surface area (TPSA) is 9.23 Å². The Hall–Kier alpha value is -1.51. The molecule has 4 rings (SSSR count). The van der Waals surface area contributed by atoms with Crippen LogP contribution in [0.3, 0.4) is 0 Å². The summed E-state index contributed by atoms with van der Waals surface area (Å²) in [6.07, 6.45) is 0. The zero-order valence-corrected chi connectivity index (χ0v) is 20.7. The van der Waals surface area contributed by atoms with Crippen LogP contribution in [0.15, 0.2) is 118 Å². The van der Waals surface area contributed by atoms with Gasteiger partial charge in [-0.2, -0.15) is 0 Å². The number of halogens is 2. The maximum Gasteiger partial charge on any atom is 0.166 e. The predicted octanol–water partition coefficient (Wildman–Crippen LogP) is 7.57. The first-order chi connectivity index (χ1) is 14.2. The van der Waals surface area contributed by atoms with E-state index in [2.05, 4.69) is 148 Å². The second-order valence-electron chi connectivity index (χ2n) is 6.47. The van der Waals surface area contributed by atoms with Gasteiger partial charge in [0.2, 0.25) is 0 Å². The number of hydrogen-bond acceptors (Lipinski definition) is 1. The zero-order chi connectivity index (χ0) is 20.1. The van der Waals surface area contributed by atoms with Gasteiger partial charge in [0.1, 0.15) is 12.4 Å². The molecular formula is C25H19I2OS+. The fraction of sp³-hybridized carbons (Fsp3) is 0.0400. The summed E-state index contributed by atoms with van der Waals surface area (Å²) in [4.78, 5) is 3.93. The van der Waals surface area contributed by atoms with E-state index in [9.17, 15) is 0 Å². The van der Waals surface area contributed by atoms with E-state index >= 15 is 0 Å². The van der Waals surface area contributed by atoms with Gasteiger partial charge in [-0.05, 0) is 117 Å². The first-order valence-electron chi connectivity index (χ1n) is 9.21. The van der Waals surface area contributed by atoms with E-state index in [1.165, 1.54) is 27.4 Å². The van der Waals surface area contributed by atoms with Crippen molar-refractivity contribution >= 4 is 56.1 Å². The maximum absolute atomic E-state index is 6.04. The van der Waals surface area contributed by atoms with Crippen molar-refractivity contribution in [2.75, 3.05) is 0 Å². The third-order valence-electron chi connectivity index (χ3n) is 4.35. The number of ether oxygens (including phenoxy) is 1. The van der Waals surface area contributed by atoms with E-state index in [1.807, 2.05) is 0 Å². The lowest BCUT2D eigenvalue weighted by Crippen LogP contribution is -2.04. The lowest BCUT2D eigenvalue weighted by Gasteiger charge is -2.10. The van der Waals surface area contributed by atoms with Gasteiger partial charge in [0, 0.05) is 7.14 Å². The van der Waals surface area contributed by atoms with Crippen LogP contribution < -0.4 is 4.74 Å². The summed E-state index contributed by atoms with van der Waals surface area (Å²) in [6.45, 7) is 0.579. The van der Waals surface area contributed by atoms with Crippen LogP contribution >= 0.6 is 45.2 Å². The van der Waals surface area contributed by atoms with Crippen LogP contribution in [0.25, 0.3) is 0 Å². The van der Waals surface area contributed by atoms with E-state index in [1.54, 1.807) is 0 Å². The van der Waals surface area contributed by atoms with E-state index in [0.29, 0.717) is 6.61 Å². The third-order valence-corrected chi connectivity index (χ3v) is 7.82. The molecule has 0 fully saturated rings. The quantitative estimate of drug-likeness (QED) is 0.160. The second kappa shape index (κ2) is 10.00. The molecule has 0 N–H and O–H groups in total. The SMILES string of the molecule is Ic1cc(I)cc(COc2ccc([S+](c3ccccc3)c3ccccc3)cc2)c1. The molecule has 4 aromatic carbocycles. The molecule has 0 heterocycles. The van der Waals surface area contributed by atoms with Gasteiger partial charge in [0.25, 0.3) is 0 Å². The van der Waals surface area contributed by atoms with Gasteiger partial charge in [0.05, 0.1) is 10.9 Å². The Morgan fingerprint density at radius 2 is 1.07 bits per heavy atom. The Balaban J connectivity index is 1.56. The van der Waals surface area contributed by atoms with Gasteiger partial charge in [-0.15, -0.1) is 0 Å². The summed E-state index contributed by atoms with van der Waals surface area (Å²) in [7, 11) is -0.127. The predicted molar refractivity (Wildman–Crippen MR) is 138 cm³/mol. The van der Waals surface area contributed by atoms with Crippen LogP contribution in [-0.2, 0) is 17.5 Å². The van der Waals surface area contributed by atoms with Crippen molar-refractivity contribution < 1.29 is 4.74 Å². The number of hydrogen-bond donors (Lipinski definition) is 0. The highest BCUT2D eigenvalue weighted by Gasteiger charge is 2.28. The minimum atomic E-state index is -0.127. The molecule has 0 amide bonds. The van der Waals surface area contributed by atoms with E-state index in [-0.39, 0.29) is 10.9 Å². The Morgan fingerprint density at radius 1 is 0.586 bits per heavy atom. The average molecular weight is 621 g/mol. The molecule has 0 spiro atoms. The van der Waals surface area contributed by atoms with Crippen LogP contribution in [0.2, 0.25) is 0 Å². The summed E-state index contributed by atoms with van der Waals surface area (Å²) in [6, 6.07) is 36.4. The Labute approximate surface area is 202 Å². The molecule has 0 radical (unpaired) electrons. The monoisotopic (exact) mass is 621 g/mol. The van der Waals surface area contributed by atoms with Crippen LogP contribution in [0.1, 0.15) is 5.56 Å². The molecular weight excluding hydrogens is 602 g/mol. The van der Waals surface area contributed by atoms with Gasteiger partial charge >= 0.3 is 0 Å². The van der Waals surface area contributed by atoms with Crippen LogP contribution in [0.4, 0.5) is 0 Å². The van der Waals surface area contributed by atoms with Crippen molar-refractivity contribution in [2.24, 2.45) is 0 Å². The molecule has 29 heavy (non-hydrogen) atoms. The number of benzene rings is 4. The van der Waals surface area contributed by atoms with Gasteiger partial charge in [-0.25, -0.2) is 0 Å². The summed E-state index contributed by atoms with van der Waals surface area (Å²) in [5.41, 5.74) is 1.19. The first-order valence-corrected chi connectivity index (χ1v) is 12.6. The molecule has 0 saturated heterocycles. The normalized spacial score (nSPS) is 10.9. The third kappa shape index (κ3) is 5.55. The minimum Gasteiger partial charge on any atom is -0.489 e. The van der Waals surface area contributed by atoms with Gasteiger partial charge in [-0.3, -0.25) is 0 Å². The molecule has 0 unspecified atom stereocenters. The fourth-order valence-corrected chi connectivity index (χ4v) is 7.20. The summed E-state index contributed by atoms with van der Waals surface area (Å²) < 4.78 is 8.51. The Bertz CT molecular complexity index is 1010. The van der Waals surface area contributed by atoms with Gasteiger partial charge < -0.3 is 4.74 Å². The van der Waals surface area contributed by atoms with Crippen LogP contribution in [0.5, 0.6) is 5.75 Å². The Morgan fingerprint density at radius 3 is 1.59 bits per heavy atom. The van der Waals surface area contributed by atoms with Crippen molar-refractivity contribution in [3.05, 3.63) is 116 Å². The minimum absolute atomic E-state index is 0.127. The smallest absolute Gasteiger partial charge is 0.166 e. The van der Waals surface area contributed by atoms with Crippen LogP contribution in [-0.4, -0.2) is 0 Å². The number of rotatable bonds is 6. The van der Waals surface area contributed by atoms with Gasteiger partial charge in [0.15, 0.2) is 14.7 Å². The molecule has 0 aliphatic carbocycles. The molecule has 0 aromatic heterocycles. The summed E-state index contributed by atoms with van der Waals surface area (Å²) in [5.74, 6) is 0.896. The van der Waals surface area contributed by atoms with Gasteiger partial charge in [-0.1, -0.05) is 36.4 Å². The highest BCUT2D eigenvalue weighted by molar-refractivity contribution is 14.1. The van der Waals surface area contributed by atoms with Crippen molar-refractivity contribution in [3.8, 4) is 5.75 Å². The molecule has 0 aliphatic rings. The molecule has 144 valence electrons. The second-order valence-corrected chi connectivity index (χ2v) is 11.0. The average Bonchev–Trinajstić information content (AvgIpc) is 2.74. The first kappa shape index (κ1) is 20.8. The molecule has 1 nitrogen and oxygen atoms in total. The van der Waals surface area contributed by atoms with Crippen molar-refractivity contribution in [3.63, 3.8) is 0 Å². The largest absolute Gasteiger partial charge is 0.489 e. The fourth-order valence-electron chi connectivity index (χ4n) is 3.05.